The Kier molecular flexibility index (Phi) is 9.39. The lowest BCUT2D eigenvalue weighted by Gasteiger charge is -2.43. The normalized spacial score (nSPS) is 22.3. The molecule has 6 rings (SSSR count). The molecule has 1 atom stereocenters. The molecule has 0 saturated carbocycles. The van der Waals surface area contributed by atoms with Gasteiger partial charge in [-0.3, -0.25) is 9.69 Å². The second kappa shape index (κ2) is 13.6. The third-order valence-corrected chi connectivity index (χ3v) is 9.26. The van der Waals surface area contributed by atoms with Crippen LogP contribution in [0.15, 0.2) is 34.5 Å². The largest absolute Gasteiger partial charge is 0.381 e. The number of primary amides is 1. The Hall–Kier alpha value is -3.61. The van der Waals surface area contributed by atoms with Crippen LogP contribution in [0.4, 0.5) is 23.0 Å². The number of carbonyl (C=O) groups is 1. The number of piperazine rings is 1. The van der Waals surface area contributed by atoms with E-state index in [0.717, 1.165) is 51.1 Å². The second-order valence-electron chi connectivity index (χ2n) is 12.4. The predicted molar refractivity (Wildman–Crippen MR) is 174 cm³/mol. The van der Waals surface area contributed by atoms with Gasteiger partial charge in [0.1, 0.15) is 11.4 Å². The molecule has 0 spiro atoms. The molecule has 5 heterocycles. The highest BCUT2D eigenvalue weighted by molar-refractivity contribution is 5.97. The fourth-order valence-electron chi connectivity index (χ4n) is 6.63. The van der Waals surface area contributed by atoms with Crippen molar-refractivity contribution >= 4 is 34.6 Å². The molecule has 12 nitrogen and oxygen atoms in total. The lowest BCUT2D eigenvalue weighted by Crippen LogP contribution is -2.52. The monoisotopic (exact) mass is 602 g/mol. The molecule has 2 aromatic rings. The molecule has 4 aliphatic heterocycles. The maximum atomic E-state index is 12.6. The Morgan fingerprint density at radius 1 is 1.02 bits per heavy atom. The van der Waals surface area contributed by atoms with Crippen molar-refractivity contribution in [1.29, 1.82) is 0 Å². The topological polar surface area (TPSA) is 137 Å². The summed E-state index contributed by atoms with van der Waals surface area (Å²) in [7, 11) is 2.21. The Morgan fingerprint density at radius 3 is 2.43 bits per heavy atom. The minimum atomic E-state index is -0.655. The van der Waals surface area contributed by atoms with Crippen LogP contribution >= 0.6 is 0 Å². The van der Waals surface area contributed by atoms with Crippen molar-refractivity contribution in [2.75, 3.05) is 75.1 Å². The SMILES string of the molecule is CCc1cc(Nc2nc(NC3CCOCC3)c(C3=CC(C)N=N3)nc2C(N)=O)ccc1N1CCC(N2CCN(C)CC2)CC1. The van der Waals surface area contributed by atoms with Crippen LogP contribution in [0.2, 0.25) is 0 Å². The molecular formula is C32H46N10O2. The summed E-state index contributed by atoms with van der Waals surface area (Å²) >= 11 is 0. The number of anilines is 4. The molecule has 1 aromatic heterocycles. The van der Waals surface area contributed by atoms with E-state index in [9.17, 15) is 4.79 Å². The summed E-state index contributed by atoms with van der Waals surface area (Å²) in [6.45, 7) is 12.3. The molecule has 236 valence electrons. The molecule has 0 aliphatic carbocycles. The number of nitrogens with two attached hydrogens (primary N) is 1. The zero-order chi connectivity index (χ0) is 30.6. The number of rotatable bonds is 9. The average Bonchev–Trinajstić information content (AvgIpc) is 3.48. The molecule has 4 N–H and O–H groups in total. The van der Waals surface area contributed by atoms with Crippen LogP contribution in [0.1, 0.15) is 61.3 Å². The lowest BCUT2D eigenvalue weighted by molar-refractivity contribution is 0.0904. The first kappa shape index (κ1) is 30.4. The summed E-state index contributed by atoms with van der Waals surface area (Å²) in [6, 6.07) is 7.18. The number of benzene rings is 1. The van der Waals surface area contributed by atoms with Crippen LogP contribution in [0.5, 0.6) is 0 Å². The first-order chi connectivity index (χ1) is 21.4. The van der Waals surface area contributed by atoms with E-state index in [-0.39, 0.29) is 17.8 Å². The highest BCUT2D eigenvalue weighted by atomic mass is 16.5. The van der Waals surface area contributed by atoms with Gasteiger partial charge in [0, 0.05) is 75.9 Å². The summed E-state index contributed by atoms with van der Waals surface area (Å²) in [5.41, 5.74) is 10.4. The number of ether oxygens (including phenoxy) is 1. The summed E-state index contributed by atoms with van der Waals surface area (Å²) in [6.07, 6.45) is 6.89. The van der Waals surface area contributed by atoms with E-state index < -0.39 is 5.91 Å². The van der Waals surface area contributed by atoms with Gasteiger partial charge in [0.15, 0.2) is 17.3 Å². The van der Waals surface area contributed by atoms with Crippen LogP contribution in [0, 0.1) is 0 Å². The number of aromatic nitrogens is 2. The minimum absolute atomic E-state index is 0.0684. The number of carbonyl (C=O) groups excluding carboxylic acids is 1. The number of azo groups is 1. The van der Waals surface area contributed by atoms with Gasteiger partial charge in [0.25, 0.3) is 5.91 Å². The Labute approximate surface area is 260 Å². The van der Waals surface area contributed by atoms with E-state index >= 15 is 0 Å². The van der Waals surface area contributed by atoms with Crippen LogP contribution in [-0.2, 0) is 11.2 Å². The number of nitrogens with one attached hydrogen (secondary N) is 2. The molecule has 1 aromatic carbocycles. The van der Waals surface area contributed by atoms with Crippen molar-refractivity contribution in [3.8, 4) is 0 Å². The Balaban J connectivity index is 1.22. The van der Waals surface area contributed by atoms with E-state index in [2.05, 4.69) is 67.7 Å². The number of hydrogen-bond donors (Lipinski definition) is 3. The fraction of sp³-hybridized carbons (Fsp3) is 0.594. The second-order valence-corrected chi connectivity index (χ2v) is 12.4. The first-order valence-electron chi connectivity index (χ1n) is 16.1. The summed E-state index contributed by atoms with van der Waals surface area (Å²) in [5, 5.41) is 15.4. The number of hydrogen-bond acceptors (Lipinski definition) is 11. The van der Waals surface area contributed by atoms with Crippen molar-refractivity contribution in [1.82, 2.24) is 19.8 Å². The van der Waals surface area contributed by atoms with E-state index in [4.69, 9.17) is 20.4 Å². The van der Waals surface area contributed by atoms with Gasteiger partial charge in [0.05, 0.1) is 6.04 Å². The summed E-state index contributed by atoms with van der Waals surface area (Å²) < 4.78 is 5.54. The van der Waals surface area contributed by atoms with Gasteiger partial charge < -0.3 is 30.9 Å². The van der Waals surface area contributed by atoms with Crippen LogP contribution in [0.3, 0.4) is 0 Å². The van der Waals surface area contributed by atoms with Gasteiger partial charge in [0.2, 0.25) is 0 Å². The average molecular weight is 603 g/mol. The van der Waals surface area contributed by atoms with E-state index in [1.807, 2.05) is 13.0 Å². The van der Waals surface area contributed by atoms with Crippen LogP contribution < -0.4 is 21.3 Å². The number of likely N-dealkylation sites (N-methyl/N-ethyl adjacent to an activating group) is 1. The van der Waals surface area contributed by atoms with Crippen LogP contribution in [0.25, 0.3) is 5.70 Å². The lowest BCUT2D eigenvalue weighted by atomic mass is 10.00. The van der Waals surface area contributed by atoms with Gasteiger partial charge in [-0.25, -0.2) is 9.97 Å². The number of piperidine rings is 1. The van der Waals surface area contributed by atoms with Crippen molar-refractivity contribution < 1.29 is 9.53 Å². The molecule has 3 fully saturated rings. The minimum Gasteiger partial charge on any atom is -0.381 e. The third kappa shape index (κ3) is 6.87. The molecule has 0 radical (unpaired) electrons. The number of aryl methyl sites for hydroxylation is 1. The maximum Gasteiger partial charge on any atom is 0.271 e. The number of amides is 1. The predicted octanol–water partition coefficient (Wildman–Crippen LogP) is 3.88. The molecule has 1 amide bonds. The smallest absolute Gasteiger partial charge is 0.271 e. The summed E-state index contributed by atoms with van der Waals surface area (Å²) in [4.78, 5) is 29.9. The van der Waals surface area contributed by atoms with Crippen molar-refractivity contribution in [2.45, 2.75) is 64.1 Å². The van der Waals surface area contributed by atoms with Gasteiger partial charge in [-0.1, -0.05) is 6.92 Å². The quantitative estimate of drug-likeness (QED) is 0.391. The van der Waals surface area contributed by atoms with E-state index in [0.29, 0.717) is 42.3 Å². The maximum absolute atomic E-state index is 12.6. The highest BCUT2D eigenvalue weighted by Crippen LogP contribution is 2.33. The van der Waals surface area contributed by atoms with Gasteiger partial charge >= 0.3 is 0 Å². The van der Waals surface area contributed by atoms with Crippen molar-refractivity contribution in [3.05, 3.63) is 41.2 Å². The van der Waals surface area contributed by atoms with E-state index in [1.54, 1.807) is 0 Å². The van der Waals surface area contributed by atoms with Gasteiger partial charge in [-0.15, -0.1) is 0 Å². The van der Waals surface area contributed by atoms with Crippen molar-refractivity contribution in [3.63, 3.8) is 0 Å². The molecule has 1 unspecified atom stereocenters. The Bertz CT molecular complexity index is 1390. The van der Waals surface area contributed by atoms with Gasteiger partial charge in [-0.05, 0) is 75.9 Å². The molecule has 12 heteroatoms. The first-order valence-corrected chi connectivity index (χ1v) is 16.1. The van der Waals surface area contributed by atoms with E-state index in [1.165, 1.54) is 37.2 Å². The third-order valence-electron chi connectivity index (χ3n) is 9.26. The van der Waals surface area contributed by atoms with Crippen molar-refractivity contribution in [2.24, 2.45) is 16.0 Å². The zero-order valence-electron chi connectivity index (χ0n) is 26.3. The molecule has 3 saturated heterocycles. The Morgan fingerprint density at radius 2 is 1.77 bits per heavy atom. The molecule has 0 bridgehead atoms. The highest BCUT2D eigenvalue weighted by Gasteiger charge is 2.28. The zero-order valence-corrected chi connectivity index (χ0v) is 26.3. The molecular weight excluding hydrogens is 556 g/mol. The van der Waals surface area contributed by atoms with Crippen LogP contribution in [-0.4, -0.2) is 103 Å². The number of nitrogens with zero attached hydrogens (tertiary/aromatic N) is 7. The van der Waals surface area contributed by atoms with Gasteiger partial charge in [-0.2, -0.15) is 10.2 Å². The fourth-order valence-corrected chi connectivity index (χ4v) is 6.63. The molecule has 44 heavy (non-hydrogen) atoms. The standard InChI is InChI=1S/C32H46N10O2/c1-4-22-20-24(5-6-27(22)42-11-7-25(8-12-42)41-15-13-40(3)14-16-41)35-32-29(30(33)43)36-28(26-19-21(2)38-39-26)31(37-32)34-23-9-17-44-18-10-23/h5-6,19-21,23,25H,4,7-18H2,1-3H3,(H2,33,43)(H2,34,35,37). The molecule has 4 aliphatic rings. The summed E-state index contributed by atoms with van der Waals surface area (Å²) in [5.74, 6) is 0.222.